The minimum atomic E-state index is -0.112. The SMILES string of the molecule is Cc1[nH]n2c(=O)cc(-c3ccccc3)nc2c1-c1cccc(I)c1. The first kappa shape index (κ1) is 15.1. The lowest BCUT2D eigenvalue weighted by atomic mass is 10.1. The van der Waals surface area contributed by atoms with Gasteiger partial charge in [0, 0.05) is 26.5 Å². The molecule has 2 aromatic heterocycles. The van der Waals surface area contributed by atoms with Crippen LogP contribution in [0, 0.1) is 10.5 Å². The van der Waals surface area contributed by atoms with Crippen LogP contribution in [0.4, 0.5) is 0 Å². The molecule has 4 aromatic rings. The highest BCUT2D eigenvalue weighted by molar-refractivity contribution is 14.1. The van der Waals surface area contributed by atoms with Gasteiger partial charge in [-0.05, 0) is 47.2 Å². The third-order valence-corrected chi connectivity index (χ3v) is 4.65. The minimum Gasteiger partial charge on any atom is -0.293 e. The average molecular weight is 427 g/mol. The largest absolute Gasteiger partial charge is 0.293 e. The summed E-state index contributed by atoms with van der Waals surface area (Å²) in [6.45, 7) is 1.96. The summed E-state index contributed by atoms with van der Waals surface area (Å²) in [4.78, 5) is 17.3. The van der Waals surface area contributed by atoms with Gasteiger partial charge in [-0.1, -0.05) is 42.5 Å². The number of halogens is 1. The normalized spacial score (nSPS) is 11.1. The van der Waals surface area contributed by atoms with E-state index in [0.717, 1.165) is 26.0 Å². The zero-order valence-corrected chi connectivity index (χ0v) is 15.1. The predicted molar refractivity (Wildman–Crippen MR) is 104 cm³/mol. The summed E-state index contributed by atoms with van der Waals surface area (Å²) >= 11 is 2.29. The summed E-state index contributed by atoms with van der Waals surface area (Å²) in [5.74, 6) is 0. The van der Waals surface area contributed by atoms with E-state index in [4.69, 9.17) is 4.98 Å². The van der Waals surface area contributed by atoms with Gasteiger partial charge in [0.25, 0.3) is 5.56 Å². The Bertz CT molecular complexity index is 1100. The number of nitrogens with one attached hydrogen (secondary N) is 1. The molecule has 0 saturated heterocycles. The molecule has 0 atom stereocenters. The van der Waals surface area contributed by atoms with Crippen molar-refractivity contribution in [3.63, 3.8) is 0 Å². The number of fused-ring (bicyclic) bond motifs is 1. The second-order valence-electron chi connectivity index (χ2n) is 5.63. The molecule has 1 N–H and O–H groups in total. The van der Waals surface area contributed by atoms with Crippen LogP contribution in [0.15, 0.2) is 65.5 Å². The van der Waals surface area contributed by atoms with Crippen molar-refractivity contribution in [1.82, 2.24) is 14.6 Å². The Kier molecular flexibility index (Phi) is 3.72. The zero-order chi connectivity index (χ0) is 16.7. The molecule has 4 rings (SSSR count). The van der Waals surface area contributed by atoms with Crippen molar-refractivity contribution >= 4 is 28.2 Å². The van der Waals surface area contributed by atoms with Gasteiger partial charge in [-0.25, -0.2) is 9.50 Å². The van der Waals surface area contributed by atoms with Crippen LogP contribution in [-0.4, -0.2) is 14.6 Å². The first-order valence-corrected chi connectivity index (χ1v) is 8.65. The van der Waals surface area contributed by atoms with E-state index < -0.39 is 0 Å². The fourth-order valence-corrected chi connectivity index (χ4v) is 3.44. The molecule has 5 heteroatoms. The van der Waals surface area contributed by atoms with Crippen LogP contribution in [-0.2, 0) is 0 Å². The van der Waals surface area contributed by atoms with Crippen molar-refractivity contribution in [2.75, 3.05) is 0 Å². The predicted octanol–water partition coefficient (Wildman–Crippen LogP) is 4.27. The van der Waals surface area contributed by atoms with Crippen LogP contribution in [0.1, 0.15) is 5.69 Å². The summed E-state index contributed by atoms with van der Waals surface area (Å²) in [7, 11) is 0. The van der Waals surface area contributed by atoms with E-state index in [9.17, 15) is 4.79 Å². The highest BCUT2D eigenvalue weighted by Crippen LogP contribution is 2.28. The van der Waals surface area contributed by atoms with Gasteiger partial charge in [-0.3, -0.25) is 9.89 Å². The van der Waals surface area contributed by atoms with E-state index in [0.29, 0.717) is 11.3 Å². The summed E-state index contributed by atoms with van der Waals surface area (Å²) in [6, 6.07) is 19.5. The number of H-pyrrole nitrogens is 1. The van der Waals surface area contributed by atoms with Crippen molar-refractivity contribution in [3.8, 4) is 22.4 Å². The van der Waals surface area contributed by atoms with Gasteiger partial charge >= 0.3 is 0 Å². The number of benzene rings is 2. The van der Waals surface area contributed by atoms with Crippen molar-refractivity contribution in [3.05, 3.63) is 80.3 Å². The van der Waals surface area contributed by atoms with Crippen LogP contribution in [0.2, 0.25) is 0 Å². The highest BCUT2D eigenvalue weighted by Gasteiger charge is 2.15. The third kappa shape index (κ3) is 2.54. The molecule has 24 heavy (non-hydrogen) atoms. The summed E-state index contributed by atoms with van der Waals surface area (Å²) in [6.07, 6.45) is 0. The maximum atomic E-state index is 12.5. The maximum absolute atomic E-state index is 12.5. The summed E-state index contributed by atoms with van der Waals surface area (Å²) in [5.41, 5.74) is 5.10. The second kappa shape index (κ2) is 5.90. The molecule has 0 aliphatic carbocycles. The Hall–Kier alpha value is -2.41. The summed E-state index contributed by atoms with van der Waals surface area (Å²) < 4.78 is 2.65. The monoisotopic (exact) mass is 427 g/mol. The van der Waals surface area contributed by atoms with E-state index in [1.807, 2.05) is 55.5 Å². The third-order valence-electron chi connectivity index (χ3n) is 3.98. The number of hydrogen-bond donors (Lipinski definition) is 1. The standard InChI is InChI=1S/C19H14IN3O/c1-12-18(14-8-5-9-15(20)10-14)19-21-16(11-17(24)23(19)22-12)13-6-3-2-4-7-13/h2-11,22H,1H3. The average Bonchev–Trinajstić information content (AvgIpc) is 2.92. The number of rotatable bonds is 2. The second-order valence-corrected chi connectivity index (χ2v) is 6.87. The molecule has 0 aliphatic rings. The molecule has 0 unspecified atom stereocenters. The van der Waals surface area contributed by atoms with E-state index in [-0.39, 0.29) is 5.56 Å². The van der Waals surface area contributed by atoms with Gasteiger partial charge in [-0.15, -0.1) is 0 Å². The molecular weight excluding hydrogens is 413 g/mol. The summed E-state index contributed by atoms with van der Waals surface area (Å²) in [5, 5.41) is 3.13. The van der Waals surface area contributed by atoms with Crippen molar-refractivity contribution in [1.29, 1.82) is 0 Å². The first-order chi connectivity index (χ1) is 11.6. The molecule has 118 valence electrons. The van der Waals surface area contributed by atoms with E-state index in [1.54, 1.807) is 6.07 Å². The minimum absolute atomic E-state index is 0.112. The Labute approximate surface area is 152 Å². The van der Waals surface area contributed by atoms with Gasteiger partial charge in [-0.2, -0.15) is 0 Å². The van der Waals surface area contributed by atoms with E-state index >= 15 is 0 Å². The zero-order valence-electron chi connectivity index (χ0n) is 13.0. The molecule has 0 aliphatic heterocycles. The van der Waals surface area contributed by atoms with Crippen LogP contribution in [0.5, 0.6) is 0 Å². The first-order valence-electron chi connectivity index (χ1n) is 7.57. The van der Waals surface area contributed by atoms with E-state index in [2.05, 4.69) is 33.8 Å². The fraction of sp³-hybridized carbons (Fsp3) is 0.0526. The number of aromatic amines is 1. The maximum Gasteiger partial charge on any atom is 0.273 e. The van der Waals surface area contributed by atoms with Gasteiger partial charge < -0.3 is 0 Å². The van der Waals surface area contributed by atoms with Gasteiger partial charge in [0.2, 0.25) is 0 Å². The highest BCUT2D eigenvalue weighted by atomic mass is 127. The smallest absolute Gasteiger partial charge is 0.273 e. The van der Waals surface area contributed by atoms with Crippen molar-refractivity contribution < 1.29 is 0 Å². The lowest BCUT2D eigenvalue weighted by Gasteiger charge is -2.04. The molecule has 0 amide bonds. The molecule has 0 radical (unpaired) electrons. The molecule has 0 bridgehead atoms. The van der Waals surface area contributed by atoms with Crippen molar-refractivity contribution in [2.24, 2.45) is 0 Å². The van der Waals surface area contributed by atoms with Crippen LogP contribution in [0.25, 0.3) is 28.0 Å². The van der Waals surface area contributed by atoms with Gasteiger partial charge in [0.1, 0.15) is 0 Å². The Balaban J connectivity index is 2.03. The van der Waals surface area contributed by atoms with Gasteiger partial charge in [0.05, 0.1) is 5.69 Å². The van der Waals surface area contributed by atoms with Crippen LogP contribution in [0.3, 0.4) is 0 Å². The number of nitrogens with zero attached hydrogens (tertiary/aromatic N) is 2. The van der Waals surface area contributed by atoms with Crippen LogP contribution < -0.4 is 5.56 Å². The lowest BCUT2D eigenvalue weighted by molar-refractivity contribution is 0.882. The van der Waals surface area contributed by atoms with Crippen molar-refractivity contribution in [2.45, 2.75) is 6.92 Å². The fourth-order valence-electron chi connectivity index (χ4n) is 2.90. The number of aromatic nitrogens is 3. The van der Waals surface area contributed by atoms with Gasteiger partial charge in [0.15, 0.2) is 5.65 Å². The quantitative estimate of drug-likeness (QED) is 0.486. The molecule has 0 fully saturated rings. The Morgan fingerprint density at radius 2 is 1.75 bits per heavy atom. The molecule has 2 heterocycles. The van der Waals surface area contributed by atoms with E-state index in [1.165, 1.54) is 4.52 Å². The lowest BCUT2D eigenvalue weighted by Crippen LogP contribution is -2.14. The Morgan fingerprint density at radius 1 is 1.00 bits per heavy atom. The molecular formula is C19H14IN3O. The molecule has 0 spiro atoms. The molecule has 2 aromatic carbocycles. The Morgan fingerprint density at radius 3 is 2.50 bits per heavy atom. The topological polar surface area (TPSA) is 50.2 Å². The van der Waals surface area contributed by atoms with Crippen LogP contribution >= 0.6 is 22.6 Å². The number of aryl methyl sites for hydroxylation is 1. The molecule has 4 nitrogen and oxygen atoms in total. The molecule has 0 saturated carbocycles. The number of hydrogen-bond acceptors (Lipinski definition) is 2.